The summed E-state index contributed by atoms with van der Waals surface area (Å²) in [5, 5.41) is 0. The molecule has 8 nitrogen and oxygen atoms in total. The maximum Gasteiger partial charge on any atom is 0.311 e. The Kier molecular flexibility index (Phi) is 9.10. The highest BCUT2D eigenvalue weighted by Gasteiger charge is 2.40. The van der Waals surface area contributed by atoms with Crippen LogP contribution >= 0.6 is 0 Å². The fraction of sp³-hybridized carbons (Fsp3) is 0.720. The lowest BCUT2D eigenvalue weighted by Gasteiger charge is -2.36. The molecule has 184 valence electrons. The molecule has 5 atom stereocenters. The first-order valence-electron chi connectivity index (χ1n) is 11.2. The molecule has 8 heteroatoms. The molecule has 0 amide bonds. The second-order valence-corrected chi connectivity index (χ2v) is 10.3. The Labute approximate surface area is 196 Å². The fourth-order valence-corrected chi connectivity index (χ4v) is 3.06. The van der Waals surface area contributed by atoms with Crippen LogP contribution in [0, 0.1) is 22.7 Å². The van der Waals surface area contributed by atoms with Gasteiger partial charge in [-0.05, 0) is 47.6 Å². The first kappa shape index (κ1) is 26.9. The summed E-state index contributed by atoms with van der Waals surface area (Å²) >= 11 is 0. The van der Waals surface area contributed by atoms with E-state index in [-0.39, 0.29) is 31.1 Å². The normalized spacial score (nSPS) is 27.7. The van der Waals surface area contributed by atoms with Gasteiger partial charge in [0.15, 0.2) is 6.10 Å². The van der Waals surface area contributed by atoms with Gasteiger partial charge in [0, 0.05) is 19.8 Å². The van der Waals surface area contributed by atoms with Crippen LogP contribution in [-0.4, -0.2) is 61.6 Å². The Bertz CT molecular complexity index is 805. The van der Waals surface area contributed by atoms with Gasteiger partial charge in [-0.2, -0.15) is 0 Å². The number of ether oxygens (including phenoxy) is 5. The summed E-state index contributed by atoms with van der Waals surface area (Å²) in [4.78, 5) is 36.2. The van der Waals surface area contributed by atoms with Gasteiger partial charge in [0.25, 0.3) is 0 Å². The molecule has 1 saturated heterocycles. The van der Waals surface area contributed by atoms with Crippen molar-refractivity contribution in [2.75, 3.05) is 13.2 Å². The number of carbonyl (C=O) groups excluding carboxylic acids is 3. The van der Waals surface area contributed by atoms with Gasteiger partial charge in [-0.3, -0.25) is 14.4 Å². The zero-order valence-electron chi connectivity index (χ0n) is 20.6. The Morgan fingerprint density at radius 3 is 2.12 bits per heavy atom. The van der Waals surface area contributed by atoms with Crippen molar-refractivity contribution in [1.29, 1.82) is 0 Å². The van der Waals surface area contributed by atoms with Crippen LogP contribution in [0.4, 0.5) is 0 Å². The number of rotatable bonds is 4. The van der Waals surface area contributed by atoms with Crippen molar-refractivity contribution in [2.24, 2.45) is 10.8 Å². The van der Waals surface area contributed by atoms with Gasteiger partial charge in [0.05, 0.1) is 24.0 Å². The summed E-state index contributed by atoms with van der Waals surface area (Å²) in [5.41, 5.74) is -1.39. The van der Waals surface area contributed by atoms with E-state index >= 15 is 0 Å². The second kappa shape index (κ2) is 11.2. The molecule has 0 N–H and O–H groups in total. The highest BCUT2D eigenvalue weighted by molar-refractivity contribution is 5.76. The molecule has 1 fully saturated rings. The Morgan fingerprint density at radius 1 is 0.939 bits per heavy atom. The molecule has 0 aromatic heterocycles. The van der Waals surface area contributed by atoms with Crippen LogP contribution in [0.3, 0.4) is 0 Å². The highest BCUT2D eigenvalue weighted by Crippen LogP contribution is 2.26. The van der Waals surface area contributed by atoms with Gasteiger partial charge in [-0.1, -0.05) is 17.9 Å². The van der Waals surface area contributed by atoms with E-state index in [2.05, 4.69) is 11.8 Å². The number of hydrogen-bond donors (Lipinski definition) is 0. The maximum absolute atomic E-state index is 12.5. The average molecular weight is 465 g/mol. The summed E-state index contributed by atoms with van der Waals surface area (Å²) in [6.07, 6.45) is 1.48. The van der Waals surface area contributed by atoms with E-state index in [0.717, 1.165) is 0 Å². The van der Waals surface area contributed by atoms with Gasteiger partial charge >= 0.3 is 17.9 Å². The largest absolute Gasteiger partial charge is 0.458 e. The molecule has 2 heterocycles. The topological polar surface area (TPSA) is 97.4 Å². The third-order valence-electron chi connectivity index (χ3n) is 5.03. The van der Waals surface area contributed by atoms with Gasteiger partial charge in [0.1, 0.15) is 24.4 Å². The number of esters is 3. The van der Waals surface area contributed by atoms with Crippen molar-refractivity contribution in [2.45, 2.75) is 91.8 Å². The van der Waals surface area contributed by atoms with Crippen molar-refractivity contribution in [3.8, 4) is 11.8 Å². The molecule has 0 radical (unpaired) electrons. The van der Waals surface area contributed by atoms with E-state index in [1.54, 1.807) is 53.7 Å². The van der Waals surface area contributed by atoms with E-state index in [4.69, 9.17) is 23.7 Å². The molecular weight excluding hydrogens is 428 g/mol. The molecule has 0 spiro atoms. The summed E-state index contributed by atoms with van der Waals surface area (Å²) in [6.45, 7) is 12.4. The third kappa shape index (κ3) is 8.49. The number of hydrogen-bond acceptors (Lipinski definition) is 8. The van der Waals surface area contributed by atoms with Crippen molar-refractivity contribution in [3.05, 3.63) is 12.2 Å². The van der Waals surface area contributed by atoms with Gasteiger partial charge in [0.2, 0.25) is 0 Å². The molecule has 0 bridgehead atoms. The van der Waals surface area contributed by atoms with Gasteiger partial charge in [-0.25, -0.2) is 0 Å². The van der Waals surface area contributed by atoms with E-state index in [0.29, 0.717) is 13.0 Å². The summed E-state index contributed by atoms with van der Waals surface area (Å²) < 4.78 is 28.0. The lowest BCUT2D eigenvalue weighted by Crippen LogP contribution is -2.48. The molecule has 2 aliphatic heterocycles. The first-order chi connectivity index (χ1) is 15.3. The maximum atomic E-state index is 12.5. The third-order valence-corrected chi connectivity index (χ3v) is 5.03. The zero-order valence-corrected chi connectivity index (χ0v) is 20.6. The Morgan fingerprint density at radius 2 is 1.55 bits per heavy atom. The fourth-order valence-electron chi connectivity index (χ4n) is 3.06. The lowest BCUT2D eigenvalue weighted by molar-refractivity contribution is -0.195. The van der Waals surface area contributed by atoms with E-state index < -0.39 is 41.2 Å². The van der Waals surface area contributed by atoms with Gasteiger partial charge in [-0.15, -0.1) is 0 Å². The average Bonchev–Trinajstić information content (AvgIpc) is 2.69. The van der Waals surface area contributed by atoms with Crippen molar-refractivity contribution in [1.82, 2.24) is 0 Å². The van der Waals surface area contributed by atoms with Crippen LogP contribution in [0.5, 0.6) is 0 Å². The first-order valence-corrected chi connectivity index (χ1v) is 11.2. The summed E-state index contributed by atoms with van der Waals surface area (Å²) in [5.74, 6) is 4.92. The lowest BCUT2D eigenvalue weighted by atomic mass is 9.95. The number of carbonyl (C=O) groups is 3. The van der Waals surface area contributed by atoms with Crippen LogP contribution in [0.2, 0.25) is 0 Å². The van der Waals surface area contributed by atoms with Crippen LogP contribution in [-0.2, 0) is 38.1 Å². The van der Waals surface area contributed by atoms with E-state index in [9.17, 15) is 14.4 Å². The van der Waals surface area contributed by atoms with Crippen molar-refractivity contribution < 1.29 is 38.1 Å². The van der Waals surface area contributed by atoms with Crippen LogP contribution in [0.25, 0.3) is 0 Å². The minimum Gasteiger partial charge on any atom is -0.458 e. The molecule has 2 rings (SSSR count). The van der Waals surface area contributed by atoms with Crippen molar-refractivity contribution >= 4 is 17.9 Å². The predicted octanol–water partition coefficient (Wildman–Crippen LogP) is 2.97. The molecular formula is C25H36O8. The second-order valence-electron chi connectivity index (χ2n) is 10.3. The zero-order chi connectivity index (χ0) is 24.8. The minimum absolute atomic E-state index is 0.0714. The highest BCUT2D eigenvalue weighted by atomic mass is 16.6. The molecule has 2 aliphatic rings. The van der Waals surface area contributed by atoms with Crippen LogP contribution in [0.1, 0.15) is 61.3 Å². The monoisotopic (exact) mass is 464 g/mol. The van der Waals surface area contributed by atoms with Gasteiger partial charge < -0.3 is 23.7 Å². The SMILES string of the molecule is CC(=O)O[C@H]1C=CCO[C@@H]1CC#CC1C[C@@H](OC(=O)C(C)(C)C)[C@@H](OC(=O)C(C)(C)C)CO1. The Balaban J connectivity index is 2.06. The summed E-state index contributed by atoms with van der Waals surface area (Å²) in [7, 11) is 0. The van der Waals surface area contributed by atoms with Crippen LogP contribution in [0.15, 0.2) is 12.2 Å². The van der Waals surface area contributed by atoms with Crippen LogP contribution < -0.4 is 0 Å². The molecule has 0 aromatic rings. The van der Waals surface area contributed by atoms with Crippen molar-refractivity contribution in [3.63, 3.8) is 0 Å². The minimum atomic E-state index is -0.707. The molecule has 0 saturated carbocycles. The molecule has 1 unspecified atom stereocenters. The molecule has 33 heavy (non-hydrogen) atoms. The quantitative estimate of drug-likeness (QED) is 0.271. The van der Waals surface area contributed by atoms with E-state index in [1.807, 2.05) is 0 Å². The smallest absolute Gasteiger partial charge is 0.311 e. The Hall–Kier alpha value is -2.37. The summed E-state index contributed by atoms with van der Waals surface area (Å²) in [6, 6.07) is 0. The standard InChI is InChI=1S/C25H36O8/c1-16(26)31-19-12-9-13-29-18(19)11-8-10-17-14-20(32-22(27)24(2,3)4)21(15-30-17)33-23(28)25(5,6)7/h9,12,17-21H,11,13-15H2,1-7H3/t17?,18-,19+,20-,21+/m1/s1. The predicted molar refractivity (Wildman–Crippen MR) is 120 cm³/mol. The van der Waals surface area contributed by atoms with E-state index in [1.165, 1.54) is 6.92 Å². The molecule has 0 aromatic carbocycles. The molecule has 0 aliphatic carbocycles.